The van der Waals surface area contributed by atoms with Crippen molar-refractivity contribution in [1.29, 1.82) is 0 Å². The summed E-state index contributed by atoms with van der Waals surface area (Å²) in [4.78, 5) is 24.0. The van der Waals surface area contributed by atoms with Crippen LogP contribution in [0, 0.1) is 0 Å². The molecule has 102 valence electrons. The van der Waals surface area contributed by atoms with Gasteiger partial charge >= 0.3 is 5.97 Å². The lowest BCUT2D eigenvalue weighted by Crippen LogP contribution is -2.24. The summed E-state index contributed by atoms with van der Waals surface area (Å²) in [6, 6.07) is 15.0. The maximum Gasteiger partial charge on any atom is 0.338 e. The maximum absolute atomic E-state index is 12.1. The van der Waals surface area contributed by atoms with Gasteiger partial charge < -0.3 is 4.74 Å². The van der Waals surface area contributed by atoms with E-state index in [9.17, 15) is 9.59 Å². The fourth-order valence-corrected chi connectivity index (χ4v) is 1.83. The van der Waals surface area contributed by atoms with E-state index in [1.165, 1.54) is 0 Å². The van der Waals surface area contributed by atoms with Gasteiger partial charge in [0.05, 0.1) is 5.56 Å². The molecule has 0 fully saturated rings. The molecule has 0 N–H and O–H groups in total. The lowest BCUT2D eigenvalue weighted by Gasteiger charge is -2.12. The predicted molar refractivity (Wildman–Crippen MR) is 77.1 cm³/mol. The van der Waals surface area contributed by atoms with Crippen molar-refractivity contribution in [3.05, 3.63) is 70.7 Å². The first-order valence-electron chi connectivity index (χ1n) is 6.14. The molecule has 0 aromatic heterocycles. The van der Waals surface area contributed by atoms with Gasteiger partial charge in [-0.3, -0.25) is 4.79 Å². The van der Waals surface area contributed by atoms with Gasteiger partial charge in [-0.1, -0.05) is 41.9 Å². The Morgan fingerprint density at radius 1 is 0.950 bits per heavy atom. The molecule has 0 radical (unpaired) electrons. The highest BCUT2D eigenvalue weighted by molar-refractivity contribution is 6.30. The van der Waals surface area contributed by atoms with E-state index in [4.69, 9.17) is 16.3 Å². The summed E-state index contributed by atoms with van der Waals surface area (Å²) in [5.74, 6) is -0.772. The number of rotatable bonds is 4. The summed E-state index contributed by atoms with van der Waals surface area (Å²) in [7, 11) is 0. The third kappa shape index (κ3) is 3.45. The molecule has 0 aliphatic carbocycles. The number of ketones is 1. The van der Waals surface area contributed by atoms with Gasteiger partial charge in [-0.05, 0) is 31.2 Å². The molecule has 4 heteroatoms. The Morgan fingerprint density at radius 2 is 1.55 bits per heavy atom. The standard InChI is InChI=1S/C16H13ClO3/c1-11(15(18)12-5-3-2-4-6-12)20-16(19)13-7-9-14(17)10-8-13/h2-11H,1H3. The van der Waals surface area contributed by atoms with Gasteiger partial charge in [0.1, 0.15) is 0 Å². The number of ether oxygens (including phenoxy) is 1. The largest absolute Gasteiger partial charge is 0.451 e. The fourth-order valence-electron chi connectivity index (χ4n) is 1.71. The van der Waals surface area contributed by atoms with Crippen LogP contribution in [0.1, 0.15) is 27.6 Å². The zero-order valence-corrected chi connectivity index (χ0v) is 11.6. The third-order valence-corrected chi connectivity index (χ3v) is 3.04. The lowest BCUT2D eigenvalue weighted by molar-refractivity contribution is 0.0319. The van der Waals surface area contributed by atoms with Gasteiger partial charge in [-0.2, -0.15) is 0 Å². The molecule has 0 bridgehead atoms. The lowest BCUT2D eigenvalue weighted by atomic mass is 10.1. The van der Waals surface area contributed by atoms with Crippen molar-refractivity contribution < 1.29 is 14.3 Å². The summed E-state index contributed by atoms with van der Waals surface area (Å²) in [6.45, 7) is 1.56. The Labute approximate surface area is 122 Å². The third-order valence-electron chi connectivity index (χ3n) is 2.79. The predicted octanol–water partition coefficient (Wildman–Crippen LogP) is 3.77. The van der Waals surface area contributed by atoms with E-state index in [1.807, 2.05) is 6.07 Å². The van der Waals surface area contributed by atoms with Gasteiger partial charge in [0, 0.05) is 10.6 Å². The molecule has 2 aromatic carbocycles. The van der Waals surface area contributed by atoms with E-state index in [0.717, 1.165) is 0 Å². The van der Waals surface area contributed by atoms with Crippen molar-refractivity contribution in [1.82, 2.24) is 0 Å². The molecule has 0 aliphatic rings. The summed E-state index contributed by atoms with van der Waals surface area (Å²) in [5.41, 5.74) is 0.881. The topological polar surface area (TPSA) is 43.4 Å². The molecule has 3 nitrogen and oxygen atoms in total. The Kier molecular flexibility index (Phi) is 4.53. The molecular formula is C16H13ClO3. The summed E-state index contributed by atoms with van der Waals surface area (Å²) >= 11 is 5.75. The molecule has 0 amide bonds. The molecule has 0 saturated heterocycles. The van der Waals surface area contributed by atoms with E-state index < -0.39 is 12.1 Å². The second kappa shape index (κ2) is 6.35. The monoisotopic (exact) mass is 288 g/mol. The van der Waals surface area contributed by atoms with Gasteiger partial charge in [-0.15, -0.1) is 0 Å². The van der Waals surface area contributed by atoms with Crippen LogP contribution in [0.4, 0.5) is 0 Å². The van der Waals surface area contributed by atoms with Gasteiger partial charge in [0.2, 0.25) is 5.78 Å². The van der Waals surface area contributed by atoms with Crippen LogP contribution < -0.4 is 0 Å². The molecule has 2 aromatic rings. The van der Waals surface area contributed by atoms with Crippen molar-refractivity contribution in [2.75, 3.05) is 0 Å². The first-order chi connectivity index (χ1) is 9.58. The zero-order chi connectivity index (χ0) is 14.5. The van der Waals surface area contributed by atoms with Crippen LogP contribution >= 0.6 is 11.6 Å². The Hall–Kier alpha value is -2.13. The summed E-state index contributed by atoms with van der Waals surface area (Å²) in [6.07, 6.45) is -0.833. The Balaban J connectivity index is 2.04. The fraction of sp³-hybridized carbons (Fsp3) is 0.125. The molecule has 1 unspecified atom stereocenters. The molecule has 0 spiro atoms. The van der Waals surface area contributed by atoms with Gasteiger partial charge in [0.15, 0.2) is 6.10 Å². The number of esters is 1. The van der Waals surface area contributed by atoms with Crippen LogP contribution in [0.5, 0.6) is 0 Å². The number of halogens is 1. The van der Waals surface area contributed by atoms with E-state index in [2.05, 4.69) is 0 Å². The number of carbonyl (C=O) groups is 2. The zero-order valence-electron chi connectivity index (χ0n) is 10.9. The highest BCUT2D eigenvalue weighted by Gasteiger charge is 2.20. The average molecular weight is 289 g/mol. The van der Waals surface area contributed by atoms with Crippen molar-refractivity contribution in [3.63, 3.8) is 0 Å². The normalized spacial score (nSPS) is 11.7. The number of benzene rings is 2. The molecule has 0 aliphatic heterocycles. The van der Waals surface area contributed by atoms with Crippen LogP contribution in [0.3, 0.4) is 0 Å². The molecular weight excluding hydrogens is 276 g/mol. The molecule has 1 atom stereocenters. The van der Waals surface area contributed by atoms with Crippen LogP contribution in [0.25, 0.3) is 0 Å². The minimum absolute atomic E-state index is 0.229. The first-order valence-corrected chi connectivity index (χ1v) is 6.51. The smallest absolute Gasteiger partial charge is 0.338 e. The van der Waals surface area contributed by atoms with Gasteiger partial charge in [-0.25, -0.2) is 4.79 Å². The Bertz CT molecular complexity index is 605. The molecule has 20 heavy (non-hydrogen) atoms. The van der Waals surface area contributed by atoms with E-state index in [-0.39, 0.29) is 5.78 Å². The SMILES string of the molecule is CC(OC(=O)c1ccc(Cl)cc1)C(=O)c1ccccc1. The Morgan fingerprint density at radius 3 is 2.15 bits per heavy atom. The highest BCUT2D eigenvalue weighted by Crippen LogP contribution is 2.12. The average Bonchev–Trinajstić information content (AvgIpc) is 2.48. The number of hydrogen-bond acceptors (Lipinski definition) is 3. The summed E-state index contributed by atoms with van der Waals surface area (Å²) in [5, 5.41) is 0.537. The van der Waals surface area contributed by atoms with Gasteiger partial charge in [0.25, 0.3) is 0 Å². The van der Waals surface area contributed by atoms with E-state index in [0.29, 0.717) is 16.1 Å². The van der Waals surface area contributed by atoms with Crippen molar-refractivity contribution >= 4 is 23.4 Å². The minimum Gasteiger partial charge on any atom is -0.451 e. The molecule has 2 rings (SSSR count). The van der Waals surface area contributed by atoms with Crippen LogP contribution in [0.15, 0.2) is 54.6 Å². The minimum atomic E-state index is -0.833. The maximum atomic E-state index is 12.1. The number of hydrogen-bond donors (Lipinski definition) is 0. The van der Waals surface area contributed by atoms with Crippen molar-refractivity contribution in [3.8, 4) is 0 Å². The number of Topliss-reactive ketones (excluding diaryl/α,β-unsaturated/α-hetero) is 1. The van der Waals surface area contributed by atoms with Crippen molar-refractivity contribution in [2.24, 2.45) is 0 Å². The van der Waals surface area contributed by atoms with E-state index in [1.54, 1.807) is 55.5 Å². The molecule has 0 heterocycles. The highest BCUT2D eigenvalue weighted by atomic mass is 35.5. The van der Waals surface area contributed by atoms with Crippen LogP contribution in [0.2, 0.25) is 5.02 Å². The number of carbonyl (C=O) groups excluding carboxylic acids is 2. The van der Waals surface area contributed by atoms with Crippen molar-refractivity contribution in [2.45, 2.75) is 13.0 Å². The second-order valence-corrected chi connectivity index (χ2v) is 4.72. The first kappa shape index (κ1) is 14.3. The quantitative estimate of drug-likeness (QED) is 0.635. The van der Waals surface area contributed by atoms with Crippen LogP contribution in [-0.4, -0.2) is 17.9 Å². The summed E-state index contributed by atoms with van der Waals surface area (Å²) < 4.78 is 5.16. The van der Waals surface area contributed by atoms with E-state index >= 15 is 0 Å². The molecule has 0 saturated carbocycles. The van der Waals surface area contributed by atoms with Crippen LogP contribution in [-0.2, 0) is 4.74 Å². The second-order valence-electron chi connectivity index (χ2n) is 4.28.